The van der Waals surface area contributed by atoms with Gasteiger partial charge < -0.3 is 14.6 Å². The van der Waals surface area contributed by atoms with Crippen molar-refractivity contribution in [2.45, 2.75) is 26.7 Å². The van der Waals surface area contributed by atoms with E-state index in [-0.39, 0.29) is 23.6 Å². The molecule has 160 valence electrons. The van der Waals surface area contributed by atoms with E-state index in [0.29, 0.717) is 13.2 Å². The van der Waals surface area contributed by atoms with Gasteiger partial charge in [0.25, 0.3) is 5.56 Å². The van der Waals surface area contributed by atoms with Crippen LogP contribution in [0, 0.1) is 24.4 Å². The van der Waals surface area contributed by atoms with E-state index in [0.717, 1.165) is 34.5 Å². The minimum absolute atomic E-state index is 0.0542. The van der Waals surface area contributed by atoms with Crippen LogP contribution in [0.4, 0.5) is 24.8 Å². The molecule has 0 unspecified atom stereocenters. The molecule has 1 aliphatic rings. The molecule has 4 rings (SSSR count). The largest absolute Gasteiger partial charge is 0.372 e. The molecule has 0 spiro atoms. The molecule has 0 aliphatic carbocycles. The molecular weight excluding hydrogens is 409 g/mol. The van der Waals surface area contributed by atoms with Crippen molar-refractivity contribution in [3.05, 3.63) is 86.1 Å². The predicted molar refractivity (Wildman–Crippen MR) is 110 cm³/mol. The Morgan fingerprint density at radius 3 is 2.52 bits per heavy atom. The second kappa shape index (κ2) is 8.35. The van der Waals surface area contributed by atoms with Gasteiger partial charge in [0.1, 0.15) is 0 Å². The first-order valence-corrected chi connectivity index (χ1v) is 9.50. The van der Waals surface area contributed by atoms with Crippen LogP contribution in [0.2, 0.25) is 0 Å². The summed E-state index contributed by atoms with van der Waals surface area (Å²) in [6.07, 6.45) is 2.83. The third kappa shape index (κ3) is 4.22. The number of aryl methyl sites for hydroxylation is 1. The molecule has 9 heteroatoms. The minimum atomic E-state index is -1.53. The van der Waals surface area contributed by atoms with E-state index in [4.69, 9.17) is 4.74 Å². The summed E-state index contributed by atoms with van der Waals surface area (Å²) >= 11 is 0. The molecule has 0 fully saturated rings. The third-order valence-corrected chi connectivity index (χ3v) is 4.99. The zero-order valence-electron chi connectivity index (χ0n) is 16.9. The van der Waals surface area contributed by atoms with Gasteiger partial charge in [0.05, 0.1) is 25.3 Å². The molecule has 1 aromatic heterocycles. The minimum Gasteiger partial charge on any atom is -0.372 e. The number of ether oxygens (including phenoxy) is 1. The van der Waals surface area contributed by atoms with Crippen LogP contribution in [0.15, 0.2) is 40.2 Å². The summed E-state index contributed by atoms with van der Waals surface area (Å²) in [6, 6.07) is 5.74. The van der Waals surface area contributed by atoms with Gasteiger partial charge in [-0.3, -0.25) is 9.79 Å². The van der Waals surface area contributed by atoms with Crippen LogP contribution >= 0.6 is 0 Å². The molecule has 31 heavy (non-hydrogen) atoms. The van der Waals surface area contributed by atoms with Crippen LogP contribution in [0.5, 0.6) is 0 Å². The first kappa shape index (κ1) is 20.8. The van der Waals surface area contributed by atoms with Crippen molar-refractivity contribution >= 4 is 17.9 Å². The Bertz CT molecular complexity index is 1230. The summed E-state index contributed by atoms with van der Waals surface area (Å²) in [5, 5.41) is 3.13. The number of aliphatic imine (C=N–C) groups is 1. The number of nitrogens with zero attached hydrogens (tertiary/aromatic N) is 3. The lowest BCUT2D eigenvalue weighted by Gasteiger charge is -2.17. The standard InChI is InChI=1S/C22H19F3N4O2/c1-12-3-14-10-31-11-15(14)6-19(12)27-22-28-21(30)16(7-26-2)9-29(22)8-13-4-17(23)20(25)18(24)5-13/h3-7,9H,8,10-11H2,1-2H3,(H,27,28,30). The highest BCUT2D eigenvalue weighted by atomic mass is 19.2. The molecule has 0 saturated heterocycles. The van der Waals surface area contributed by atoms with Gasteiger partial charge in [-0.1, -0.05) is 6.07 Å². The van der Waals surface area contributed by atoms with Gasteiger partial charge in [-0.15, -0.1) is 0 Å². The lowest BCUT2D eigenvalue weighted by Crippen LogP contribution is -2.21. The molecular formula is C22H19F3N4O2. The van der Waals surface area contributed by atoms with Gasteiger partial charge in [0.2, 0.25) is 5.95 Å². The summed E-state index contributed by atoms with van der Waals surface area (Å²) in [7, 11) is 1.51. The van der Waals surface area contributed by atoms with Crippen molar-refractivity contribution in [2.24, 2.45) is 4.99 Å². The smallest absolute Gasteiger partial charge is 0.283 e. The van der Waals surface area contributed by atoms with Gasteiger partial charge in [0, 0.05) is 25.1 Å². The second-order valence-electron chi connectivity index (χ2n) is 7.27. The fraction of sp³-hybridized carbons (Fsp3) is 0.227. The molecule has 6 nitrogen and oxygen atoms in total. The predicted octanol–water partition coefficient (Wildman–Crippen LogP) is 3.84. The zero-order valence-corrected chi connectivity index (χ0v) is 16.9. The van der Waals surface area contributed by atoms with Crippen LogP contribution in [0.25, 0.3) is 0 Å². The van der Waals surface area contributed by atoms with Crippen molar-refractivity contribution in [3.8, 4) is 0 Å². The van der Waals surface area contributed by atoms with E-state index < -0.39 is 23.0 Å². The Balaban J connectivity index is 1.77. The van der Waals surface area contributed by atoms with Crippen LogP contribution < -0.4 is 10.9 Å². The first-order valence-electron chi connectivity index (χ1n) is 9.50. The van der Waals surface area contributed by atoms with Crippen LogP contribution in [-0.2, 0) is 24.5 Å². The van der Waals surface area contributed by atoms with E-state index >= 15 is 0 Å². The number of aromatic nitrogens is 2. The highest BCUT2D eigenvalue weighted by Gasteiger charge is 2.17. The Hall–Kier alpha value is -3.46. The molecule has 0 radical (unpaired) electrons. The van der Waals surface area contributed by atoms with Gasteiger partial charge in [0.15, 0.2) is 17.5 Å². The topological polar surface area (TPSA) is 68.5 Å². The lowest BCUT2D eigenvalue weighted by molar-refractivity contribution is 0.134. The van der Waals surface area contributed by atoms with E-state index in [1.54, 1.807) is 0 Å². The number of hydrogen-bond acceptors (Lipinski definition) is 5. The fourth-order valence-electron chi connectivity index (χ4n) is 3.46. The van der Waals surface area contributed by atoms with Gasteiger partial charge in [-0.25, -0.2) is 13.2 Å². The Kier molecular flexibility index (Phi) is 5.60. The van der Waals surface area contributed by atoms with E-state index in [1.165, 1.54) is 24.0 Å². The summed E-state index contributed by atoms with van der Waals surface area (Å²) in [4.78, 5) is 20.3. The highest BCUT2D eigenvalue weighted by Crippen LogP contribution is 2.28. The Morgan fingerprint density at radius 1 is 1.16 bits per heavy atom. The maximum Gasteiger partial charge on any atom is 0.283 e. The van der Waals surface area contributed by atoms with E-state index in [9.17, 15) is 18.0 Å². The summed E-state index contributed by atoms with van der Waals surface area (Å²) in [5.74, 6) is -3.94. The molecule has 2 aromatic carbocycles. The van der Waals surface area contributed by atoms with E-state index in [2.05, 4.69) is 15.3 Å². The number of rotatable bonds is 5. The summed E-state index contributed by atoms with van der Waals surface area (Å²) in [5.41, 5.74) is 3.63. The number of benzene rings is 2. The SMILES string of the molecule is CN=Cc1cn(Cc2cc(F)c(F)c(F)c2)c(Nc2cc3c(cc2C)COC3)nc1=O. The quantitative estimate of drug-likeness (QED) is 0.495. The van der Waals surface area contributed by atoms with Crippen molar-refractivity contribution in [1.82, 2.24) is 9.55 Å². The molecule has 3 aromatic rings. The zero-order chi connectivity index (χ0) is 22.1. The average molecular weight is 428 g/mol. The monoisotopic (exact) mass is 428 g/mol. The van der Waals surface area contributed by atoms with E-state index in [1.807, 2.05) is 19.1 Å². The lowest BCUT2D eigenvalue weighted by atomic mass is 10.1. The first-order chi connectivity index (χ1) is 14.9. The highest BCUT2D eigenvalue weighted by molar-refractivity contribution is 5.78. The maximum absolute atomic E-state index is 13.7. The van der Waals surface area contributed by atoms with Crippen LogP contribution in [0.1, 0.15) is 27.8 Å². The molecule has 0 amide bonds. The third-order valence-electron chi connectivity index (χ3n) is 4.99. The van der Waals surface area contributed by atoms with Crippen molar-refractivity contribution < 1.29 is 17.9 Å². The molecule has 2 heterocycles. The number of halogens is 3. The normalized spacial score (nSPS) is 13.1. The van der Waals surface area contributed by atoms with Crippen molar-refractivity contribution in [1.29, 1.82) is 0 Å². The maximum atomic E-state index is 13.7. The number of hydrogen-bond donors (Lipinski definition) is 1. The fourth-order valence-corrected chi connectivity index (χ4v) is 3.46. The number of fused-ring (bicyclic) bond motifs is 1. The van der Waals surface area contributed by atoms with Gasteiger partial charge >= 0.3 is 0 Å². The molecule has 0 atom stereocenters. The van der Waals surface area contributed by atoms with Gasteiger partial charge in [-0.05, 0) is 47.4 Å². The molecule has 1 N–H and O–H groups in total. The molecule has 0 saturated carbocycles. The molecule has 0 bridgehead atoms. The molecule has 1 aliphatic heterocycles. The number of anilines is 2. The summed E-state index contributed by atoms with van der Waals surface area (Å²) in [6.45, 7) is 2.89. The number of nitrogens with one attached hydrogen (secondary N) is 1. The van der Waals surface area contributed by atoms with Crippen molar-refractivity contribution in [2.75, 3.05) is 12.4 Å². The van der Waals surface area contributed by atoms with Crippen LogP contribution in [0.3, 0.4) is 0 Å². The van der Waals surface area contributed by atoms with Crippen molar-refractivity contribution in [3.63, 3.8) is 0 Å². The van der Waals surface area contributed by atoms with Crippen LogP contribution in [-0.4, -0.2) is 22.8 Å². The summed E-state index contributed by atoms with van der Waals surface area (Å²) < 4.78 is 47.7. The van der Waals surface area contributed by atoms with Gasteiger partial charge in [-0.2, -0.15) is 4.98 Å². The second-order valence-corrected chi connectivity index (χ2v) is 7.27. The average Bonchev–Trinajstić information content (AvgIpc) is 3.17. The Labute approximate surface area is 176 Å². The Morgan fingerprint density at radius 2 is 1.84 bits per heavy atom.